The monoisotopic (exact) mass is 1280 g/mol. The molecule has 0 aliphatic rings. The van der Waals surface area contributed by atoms with Gasteiger partial charge in [-0.2, -0.15) is 10.5 Å². The van der Waals surface area contributed by atoms with Crippen LogP contribution in [0.15, 0.2) is 141 Å². The molecule has 0 aliphatic carbocycles. The lowest BCUT2D eigenvalue weighted by molar-refractivity contribution is 0.869. The van der Waals surface area contributed by atoms with Crippen LogP contribution in [-0.4, -0.2) is 0 Å². The Bertz CT molecular complexity index is 3950. The molecular weight excluding hydrogens is 1200 g/mol. The van der Waals surface area contributed by atoms with Gasteiger partial charge in [0.1, 0.15) is 6.07 Å². The van der Waals surface area contributed by atoms with E-state index in [1.54, 1.807) is 68.0 Å². The molecule has 0 bridgehead atoms. The van der Waals surface area contributed by atoms with Gasteiger partial charge < -0.3 is 0 Å². The molecule has 6 heterocycles. The van der Waals surface area contributed by atoms with Gasteiger partial charge in [0.15, 0.2) is 11.4 Å². The minimum atomic E-state index is 0.543. The molecule has 0 spiro atoms. The standard InChI is InChI=1S/C11H11ClS.C10H9ClS.4C10H7NS.6C2H6/c1-7(2)9-5-8-3-4-13-11(8)10(12)6-9;1-2-7-5-8-3-4-12-10(8)9(11)6-7;1-7-5-9(11-2)8-3-4-12-10(8)6-7;1-7-3-4-9-8(5-6-12-9)10(7)11-2;1-7-4-8-2-3-12-10(8)5-9(7)6-11;1-7-4-8-2-3-12-10(8)9(5-7)6-11;6*1-2/h3-7H,1-2H3;3-6H,2H2,1H3;2*3-6H,1H3;2*2-5H,1H3;6*1-2H3. The smallest absolute Gasteiger partial charge is 0.198 e. The van der Waals surface area contributed by atoms with E-state index in [-0.39, 0.29) is 0 Å². The number of halogens is 2. The van der Waals surface area contributed by atoms with E-state index >= 15 is 0 Å². The zero-order valence-corrected chi connectivity index (χ0v) is 59.5. The van der Waals surface area contributed by atoms with Gasteiger partial charge in [0.05, 0.1) is 54.5 Å². The Morgan fingerprint density at radius 1 is 0.447 bits per heavy atom. The molecule has 12 heteroatoms. The average Bonchev–Trinajstić information content (AvgIpc) is 4.65. The van der Waals surface area contributed by atoms with Crippen LogP contribution < -0.4 is 0 Å². The summed E-state index contributed by atoms with van der Waals surface area (Å²) < 4.78 is 7.10. The van der Waals surface area contributed by atoms with Crippen molar-refractivity contribution in [2.45, 2.75) is 144 Å². The van der Waals surface area contributed by atoms with E-state index < -0.39 is 0 Å². The molecule has 6 aromatic carbocycles. The normalized spacial score (nSPS) is 9.34. The molecule has 12 aromatic rings. The summed E-state index contributed by atoms with van der Waals surface area (Å²) in [6.45, 7) is 52.5. The first kappa shape index (κ1) is 76.6. The predicted molar refractivity (Wildman–Crippen MR) is 393 cm³/mol. The number of nitriles is 2. The number of thiophene rings is 6. The molecule has 0 amide bonds. The molecule has 4 nitrogen and oxygen atoms in total. The molecule has 0 saturated heterocycles. The van der Waals surface area contributed by atoms with E-state index in [0.717, 1.165) is 76.7 Å². The number of fused-ring (bicyclic) bond motifs is 6. The Labute approximate surface area is 543 Å². The Kier molecular flexibility index (Phi) is 38.3. The predicted octanol–water partition coefficient (Wildman–Crippen LogP) is 28.6. The Morgan fingerprint density at radius 2 is 0.929 bits per heavy atom. The van der Waals surface area contributed by atoms with Gasteiger partial charge in [-0.3, -0.25) is 0 Å². The van der Waals surface area contributed by atoms with Gasteiger partial charge in [0.2, 0.25) is 0 Å². The molecule has 6 aromatic heterocycles. The second-order valence-corrected chi connectivity index (χ2v) is 23.6. The van der Waals surface area contributed by atoms with E-state index in [0.29, 0.717) is 5.92 Å². The van der Waals surface area contributed by atoms with Crippen molar-refractivity contribution in [3.63, 3.8) is 0 Å². The van der Waals surface area contributed by atoms with Gasteiger partial charge in [-0.05, 0) is 205 Å². The molecule has 0 N–H and O–H groups in total. The van der Waals surface area contributed by atoms with Crippen molar-refractivity contribution in [1.29, 1.82) is 10.5 Å². The molecule has 0 saturated carbocycles. The highest BCUT2D eigenvalue weighted by molar-refractivity contribution is 7.19. The second kappa shape index (κ2) is 42.4. The molecule has 0 unspecified atom stereocenters. The van der Waals surface area contributed by atoms with Crippen LogP contribution in [0.5, 0.6) is 0 Å². The third-order valence-electron chi connectivity index (χ3n) is 11.6. The summed E-state index contributed by atoms with van der Waals surface area (Å²) in [6, 6.07) is 41.5. The van der Waals surface area contributed by atoms with Crippen molar-refractivity contribution in [2.24, 2.45) is 0 Å². The van der Waals surface area contributed by atoms with Crippen LogP contribution in [0.25, 0.3) is 70.2 Å². The number of hydrogen-bond donors (Lipinski definition) is 0. The quantitative estimate of drug-likeness (QED) is 0.162. The summed E-state index contributed by atoms with van der Waals surface area (Å²) in [5.74, 6) is 0.543. The summed E-state index contributed by atoms with van der Waals surface area (Å²) in [5, 5.41) is 38.8. The maximum Gasteiger partial charge on any atom is 0.198 e. The first-order valence-corrected chi connectivity index (χ1v) is 35.1. The number of benzene rings is 6. The van der Waals surface area contributed by atoms with Crippen molar-refractivity contribution in [3.05, 3.63) is 219 Å². The maximum absolute atomic E-state index is 8.84. The molecule has 0 radical (unpaired) electrons. The van der Waals surface area contributed by atoms with Gasteiger partial charge in [0.25, 0.3) is 0 Å². The van der Waals surface area contributed by atoms with Crippen molar-refractivity contribution in [3.8, 4) is 12.1 Å². The Morgan fingerprint density at radius 3 is 1.48 bits per heavy atom. The van der Waals surface area contributed by atoms with Gasteiger partial charge in [-0.15, -0.1) is 68.0 Å². The third kappa shape index (κ3) is 22.4. The van der Waals surface area contributed by atoms with Crippen LogP contribution in [-0.2, 0) is 6.42 Å². The summed E-state index contributed by atoms with van der Waals surface area (Å²) in [6.07, 6.45) is 1.05. The number of rotatable bonds is 2. The summed E-state index contributed by atoms with van der Waals surface area (Å²) in [4.78, 5) is 7.02. The molecule has 85 heavy (non-hydrogen) atoms. The lowest BCUT2D eigenvalue weighted by atomic mass is 10.0. The molecule has 0 fully saturated rings. The van der Waals surface area contributed by atoms with E-state index in [4.69, 9.17) is 46.9 Å². The number of aryl methyl sites for hydroxylation is 5. The minimum absolute atomic E-state index is 0.543. The fourth-order valence-corrected chi connectivity index (χ4v) is 13.5. The average molecular weight is 1280 g/mol. The highest BCUT2D eigenvalue weighted by Gasteiger charge is 2.08. The van der Waals surface area contributed by atoms with Gasteiger partial charge in [-0.1, -0.05) is 169 Å². The van der Waals surface area contributed by atoms with Crippen LogP contribution in [0.4, 0.5) is 11.4 Å². The fraction of sp³-hybridized carbons (Fsp3) is 0.288. The summed E-state index contributed by atoms with van der Waals surface area (Å²) >= 11 is 22.3. The topological polar surface area (TPSA) is 56.3 Å². The Balaban J connectivity index is 0.000000492. The highest BCUT2D eigenvalue weighted by Crippen LogP contribution is 2.35. The van der Waals surface area contributed by atoms with Crippen molar-refractivity contribution in [1.82, 2.24) is 0 Å². The van der Waals surface area contributed by atoms with Crippen LogP contribution >= 0.6 is 91.2 Å². The van der Waals surface area contributed by atoms with E-state index in [9.17, 15) is 0 Å². The van der Waals surface area contributed by atoms with Crippen LogP contribution in [0.3, 0.4) is 0 Å². The molecule has 12 rings (SSSR count). The molecule has 0 atom stereocenters. The summed E-state index contributed by atoms with van der Waals surface area (Å²) in [5.41, 5.74) is 10.2. The molecule has 446 valence electrons. The largest absolute Gasteiger partial charge is 0.237 e. The fourth-order valence-electron chi connectivity index (χ4n) is 7.82. The second-order valence-electron chi connectivity index (χ2n) is 17.2. The van der Waals surface area contributed by atoms with Gasteiger partial charge >= 0.3 is 0 Å². The zero-order chi connectivity index (χ0) is 64.2. The van der Waals surface area contributed by atoms with Crippen LogP contribution in [0, 0.1) is 63.5 Å². The minimum Gasteiger partial charge on any atom is -0.237 e. The van der Waals surface area contributed by atoms with Gasteiger partial charge in [0, 0.05) is 14.1 Å². The first-order valence-electron chi connectivity index (χ1n) is 29.0. The van der Waals surface area contributed by atoms with Crippen LogP contribution in [0.1, 0.15) is 154 Å². The third-order valence-corrected chi connectivity index (χ3v) is 18.0. The molecule has 0 aliphatic heterocycles. The highest BCUT2D eigenvalue weighted by atomic mass is 35.5. The first-order chi connectivity index (χ1) is 41.2. The van der Waals surface area contributed by atoms with E-state index in [1.165, 1.54) is 56.2 Å². The Hall–Kier alpha value is -6.38. The zero-order valence-electron chi connectivity index (χ0n) is 53.1. The van der Waals surface area contributed by atoms with E-state index in [2.05, 4.69) is 120 Å². The number of nitrogens with zero attached hydrogens (tertiary/aromatic N) is 4. The van der Waals surface area contributed by atoms with E-state index in [1.807, 2.05) is 175 Å². The molecular formula is C73H84Cl2N4S6. The lowest BCUT2D eigenvalue weighted by Crippen LogP contribution is -1.85. The van der Waals surface area contributed by atoms with Gasteiger partial charge in [-0.25, -0.2) is 9.69 Å². The van der Waals surface area contributed by atoms with Crippen molar-refractivity contribution >= 4 is 163 Å². The number of hydrogen-bond acceptors (Lipinski definition) is 8. The van der Waals surface area contributed by atoms with Crippen molar-refractivity contribution < 1.29 is 0 Å². The lowest BCUT2D eigenvalue weighted by Gasteiger charge is -2.06. The maximum atomic E-state index is 8.84. The van der Waals surface area contributed by atoms with Crippen LogP contribution in [0.2, 0.25) is 10.0 Å². The van der Waals surface area contributed by atoms with Crippen molar-refractivity contribution in [2.75, 3.05) is 0 Å². The SMILES string of the molecule is CC.CC.CC.CC.CC.CC.CC(C)c1cc(Cl)c2sccc2c1.CCc1cc(Cl)c2sccc2c1.Cc1cc(C#N)c2sccc2c1.Cc1cc2ccsc2cc1C#N.[C-]#[N+]c1c(C)ccc2sccc12.[C-]#[N+]c1cc(C)cc2sccc12. The summed E-state index contributed by atoms with van der Waals surface area (Å²) in [7, 11) is 0.